The van der Waals surface area contributed by atoms with Gasteiger partial charge in [-0.2, -0.15) is 5.10 Å². The van der Waals surface area contributed by atoms with Crippen molar-refractivity contribution >= 4 is 16.9 Å². The van der Waals surface area contributed by atoms with Crippen LogP contribution in [0.25, 0.3) is 11.0 Å². The molecule has 1 amide bonds. The Bertz CT molecular complexity index is 491. The Labute approximate surface area is 79.1 Å². The van der Waals surface area contributed by atoms with E-state index in [0.29, 0.717) is 16.8 Å². The van der Waals surface area contributed by atoms with Crippen LogP contribution in [0.3, 0.4) is 0 Å². The summed E-state index contributed by atoms with van der Waals surface area (Å²) in [5.41, 5.74) is 5.82. The van der Waals surface area contributed by atoms with Crippen LogP contribution in [0.5, 0.6) is 5.75 Å². The molecule has 6 heteroatoms. The van der Waals surface area contributed by atoms with E-state index in [0.717, 1.165) is 0 Å². The highest BCUT2D eigenvalue weighted by atomic mass is 16.5. The number of amides is 1. The molecule has 14 heavy (non-hydrogen) atoms. The summed E-state index contributed by atoms with van der Waals surface area (Å²) in [4.78, 5) is 14.9. The number of rotatable bonds is 2. The van der Waals surface area contributed by atoms with Crippen LogP contribution in [0, 0.1) is 0 Å². The Balaban J connectivity index is 2.69. The van der Waals surface area contributed by atoms with Crippen molar-refractivity contribution < 1.29 is 9.53 Å². The zero-order valence-electron chi connectivity index (χ0n) is 7.44. The van der Waals surface area contributed by atoms with Crippen molar-refractivity contribution in [2.24, 2.45) is 5.73 Å². The lowest BCUT2D eigenvalue weighted by atomic mass is 10.2. The van der Waals surface area contributed by atoms with Crippen molar-refractivity contribution in [1.29, 1.82) is 0 Å². The van der Waals surface area contributed by atoms with Crippen molar-refractivity contribution in [3.8, 4) is 5.75 Å². The van der Waals surface area contributed by atoms with Gasteiger partial charge in [0.2, 0.25) is 0 Å². The van der Waals surface area contributed by atoms with Crippen LogP contribution in [-0.2, 0) is 0 Å². The molecule has 0 spiro atoms. The van der Waals surface area contributed by atoms with Crippen LogP contribution >= 0.6 is 0 Å². The van der Waals surface area contributed by atoms with Gasteiger partial charge in [0.15, 0.2) is 5.65 Å². The highest BCUT2D eigenvalue weighted by Gasteiger charge is 2.11. The highest BCUT2D eigenvalue weighted by Crippen LogP contribution is 2.18. The second-order valence-electron chi connectivity index (χ2n) is 2.71. The van der Waals surface area contributed by atoms with Crippen LogP contribution in [-0.4, -0.2) is 28.2 Å². The summed E-state index contributed by atoms with van der Waals surface area (Å²) in [6.45, 7) is 0. The van der Waals surface area contributed by atoms with Gasteiger partial charge in [0.05, 0.1) is 18.7 Å². The fourth-order valence-electron chi connectivity index (χ4n) is 1.18. The molecule has 0 saturated carbocycles. The van der Waals surface area contributed by atoms with Crippen LogP contribution in [0.15, 0.2) is 12.3 Å². The second kappa shape index (κ2) is 2.99. The Kier molecular flexibility index (Phi) is 1.81. The number of fused-ring (bicyclic) bond motifs is 1. The first-order valence-electron chi connectivity index (χ1n) is 3.90. The minimum atomic E-state index is -0.567. The van der Waals surface area contributed by atoms with E-state index < -0.39 is 5.91 Å². The van der Waals surface area contributed by atoms with Gasteiger partial charge < -0.3 is 10.5 Å². The number of hydrogen-bond acceptors (Lipinski definition) is 4. The molecule has 3 N–H and O–H groups in total. The third-order valence-electron chi connectivity index (χ3n) is 1.87. The first-order valence-corrected chi connectivity index (χ1v) is 3.90. The number of nitrogens with one attached hydrogen (secondary N) is 1. The number of aromatic amines is 1. The summed E-state index contributed by atoms with van der Waals surface area (Å²) >= 11 is 0. The largest absolute Gasteiger partial charge is 0.495 e. The minimum Gasteiger partial charge on any atom is -0.495 e. The molecule has 0 radical (unpaired) electrons. The third kappa shape index (κ3) is 1.17. The monoisotopic (exact) mass is 192 g/mol. The first kappa shape index (κ1) is 8.49. The van der Waals surface area contributed by atoms with Gasteiger partial charge >= 0.3 is 0 Å². The molecule has 0 unspecified atom stereocenters. The third-order valence-corrected chi connectivity index (χ3v) is 1.87. The minimum absolute atomic E-state index is 0.242. The number of nitrogens with two attached hydrogens (primary N) is 1. The number of aromatic nitrogens is 3. The number of nitrogens with zero attached hydrogens (tertiary/aromatic N) is 2. The number of carbonyl (C=O) groups excluding carboxylic acids is 1. The average molecular weight is 192 g/mol. The van der Waals surface area contributed by atoms with Gasteiger partial charge in [-0.3, -0.25) is 9.89 Å². The molecule has 0 aliphatic carbocycles. The summed E-state index contributed by atoms with van der Waals surface area (Å²) in [5.74, 6) is -0.0102. The summed E-state index contributed by atoms with van der Waals surface area (Å²) in [6, 6.07) is 1.66. The number of pyridine rings is 1. The highest BCUT2D eigenvalue weighted by molar-refractivity contribution is 6.03. The zero-order valence-corrected chi connectivity index (χ0v) is 7.44. The van der Waals surface area contributed by atoms with Crippen LogP contribution in [0.2, 0.25) is 0 Å². The molecule has 2 aromatic rings. The van der Waals surface area contributed by atoms with Gasteiger partial charge in [-0.05, 0) is 6.07 Å². The standard InChI is InChI=1S/C8H8N4O2/c1-14-4-2-5-6(7(9)13)11-12-8(5)10-3-4/h2-3H,1H3,(H2,9,13)(H,10,11,12). The number of hydrogen-bond donors (Lipinski definition) is 2. The van der Waals surface area contributed by atoms with Gasteiger partial charge in [0.1, 0.15) is 11.4 Å². The van der Waals surface area contributed by atoms with E-state index in [-0.39, 0.29) is 5.69 Å². The van der Waals surface area contributed by atoms with Crippen LogP contribution < -0.4 is 10.5 Å². The first-order chi connectivity index (χ1) is 6.72. The Hall–Kier alpha value is -2.11. The van der Waals surface area contributed by atoms with Crippen LogP contribution in [0.1, 0.15) is 10.5 Å². The lowest BCUT2D eigenvalue weighted by Crippen LogP contribution is -2.11. The van der Waals surface area contributed by atoms with Crippen molar-refractivity contribution in [2.45, 2.75) is 0 Å². The number of H-pyrrole nitrogens is 1. The predicted molar refractivity (Wildman–Crippen MR) is 49.0 cm³/mol. The van der Waals surface area contributed by atoms with E-state index in [1.165, 1.54) is 13.3 Å². The fourth-order valence-corrected chi connectivity index (χ4v) is 1.18. The van der Waals surface area contributed by atoms with Gasteiger partial charge in [0, 0.05) is 0 Å². The average Bonchev–Trinajstić information content (AvgIpc) is 2.59. The summed E-state index contributed by atoms with van der Waals surface area (Å²) < 4.78 is 4.97. The maximum absolute atomic E-state index is 11.0. The molecule has 72 valence electrons. The van der Waals surface area contributed by atoms with E-state index in [1.807, 2.05) is 0 Å². The molecule has 6 nitrogen and oxygen atoms in total. The van der Waals surface area contributed by atoms with Crippen molar-refractivity contribution in [2.75, 3.05) is 7.11 Å². The normalized spacial score (nSPS) is 10.4. The van der Waals surface area contributed by atoms with E-state index in [1.54, 1.807) is 6.07 Å². The number of carbonyl (C=O) groups is 1. The van der Waals surface area contributed by atoms with Gasteiger partial charge in [0.25, 0.3) is 5.91 Å². The molecular formula is C8H8N4O2. The van der Waals surface area contributed by atoms with E-state index in [2.05, 4.69) is 15.2 Å². The maximum atomic E-state index is 11.0. The molecule has 2 aromatic heterocycles. The second-order valence-corrected chi connectivity index (χ2v) is 2.71. The summed E-state index contributed by atoms with van der Waals surface area (Å²) in [7, 11) is 1.52. The Morgan fingerprint density at radius 1 is 1.64 bits per heavy atom. The number of primary amides is 1. The quantitative estimate of drug-likeness (QED) is 0.703. The molecule has 2 rings (SSSR count). The smallest absolute Gasteiger partial charge is 0.267 e. The van der Waals surface area contributed by atoms with E-state index >= 15 is 0 Å². The Morgan fingerprint density at radius 2 is 2.43 bits per heavy atom. The SMILES string of the molecule is COc1cnc2n[nH]c(C(N)=O)c2c1. The molecule has 2 heterocycles. The lowest BCUT2D eigenvalue weighted by molar-refractivity contribution is 0.0997. The van der Waals surface area contributed by atoms with E-state index in [9.17, 15) is 4.79 Å². The fraction of sp³-hybridized carbons (Fsp3) is 0.125. The lowest BCUT2D eigenvalue weighted by Gasteiger charge is -1.97. The van der Waals surface area contributed by atoms with Gasteiger partial charge in [-0.1, -0.05) is 0 Å². The van der Waals surface area contributed by atoms with Gasteiger partial charge in [-0.25, -0.2) is 4.98 Å². The van der Waals surface area contributed by atoms with Crippen molar-refractivity contribution in [3.05, 3.63) is 18.0 Å². The molecule has 0 aliphatic heterocycles. The predicted octanol–water partition coefficient (Wildman–Crippen LogP) is 0.0654. The Morgan fingerprint density at radius 3 is 3.07 bits per heavy atom. The van der Waals surface area contributed by atoms with Crippen molar-refractivity contribution in [3.63, 3.8) is 0 Å². The van der Waals surface area contributed by atoms with Crippen LogP contribution in [0.4, 0.5) is 0 Å². The zero-order chi connectivity index (χ0) is 10.1. The maximum Gasteiger partial charge on any atom is 0.267 e. The van der Waals surface area contributed by atoms with E-state index in [4.69, 9.17) is 10.5 Å². The number of methoxy groups -OCH3 is 1. The molecule has 0 atom stereocenters. The molecule has 0 fully saturated rings. The molecule has 0 saturated heterocycles. The van der Waals surface area contributed by atoms with Crippen molar-refractivity contribution in [1.82, 2.24) is 15.2 Å². The molecule has 0 bridgehead atoms. The number of ether oxygens (including phenoxy) is 1. The summed E-state index contributed by atoms with van der Waals surface area (Å²) in [5, 5.41) is 6.91. The topological polar surface area (TPSA) is 93.9 Å². The summed E-state index contributed by atoms with van der Waals surface area (Å²) in [6.07, 6.45) is 1.52. The molecule has 0 aliphatic rings. The molecular weight excluding hydrogens is 184 g/mol. The molecule has 0 aromatic carbocycles. The van der Waals surface area contributed by atoms with Gasteiger partial charge in [-0.15, -0.1) is 0 Å².